The number of hydrogen-bond acceptors (Lipinski definition) is 7. The van der Waals surface area contributed by atoms with Crippen LogP contribution in [-0.4, -0.2) is 32.3 Å². The van der Waals surface area contributed by atoms with Crippen LogP contribution in [0, 0.1) is 10.1 Å². The fraction of sp³-hybridized carbons (Fsp3) is 0.250. The number of ether oxygens (including phenoxy) is 1. The Morgan fingerprint density at radius 1 is 1.20 bits per heavy atom. The van der Waals surface area contributed by atoms with Crippen molar-refractivity contribution in [1.82, 2.24) is 25.6 Å². The van der Waals surface area contributed by atoms with E-state index in [1.165, 1.54) is 6.20 Å². The lowest BCUT2D eigenvalue weighted by molar-refractivity contribution is -0.385. The normalized spacial score (nSPS) is 10.5. The molecule has 30 heavy (non-hydrogen) atoms. The number of aromatic amines is 1. The Kier molecular flexibility index (Phi) is 7.45. The third-order valence-electron chi connectivity index (χ3n) is 4.18. The van der Waals surface area contributed by atoms with Gasteiger partial charge in [0.2, 0.25) is 11.8 Å². The number of carbonyl (C=O) groups excluding carboxylic acids is 1. The zero-order valence-corrected chi connectivity index (χ0v) is 16.2. The fourth-order valence-electron chi connectivity index (χ4n) is 2.70. The molecule has 0 saturated heterocycles. The van der Waals surface area contributed by atoms with Crippen LogP contribution >= 0.6 is 0 Å². The first-order chi connectivity index (χ1) is 14.6. The van der Waals surface area contributed by atoms with Crippen LogP contribution in [0.15, 0.2) is 55.0 Å². The molecule has 3 rings (SSSR count). The number of nitrogens with zero attached hydrogens (tertiary/aromatic N) is 3. The lowest BCUT2D eigenvalue weighted by Crippen LogP contribution is -2.24. The first kappa shape index (κ1) is 20.9. The minimum absolute atomic E-state index is 0.0818. The van der Waals surface area contributed by atoms with Crippen molar-refractivity contribution in [3.8, 4) is 11.6 Å². The molecule has 0 saturated carbocycles. The van der Waals surface area contributed by atoms with E-state index in [4.69, 9.17) is 4.74 Å². The van der Waals surface area contributed by atoms with Gasteiger partial charge in [0, 0.05) is 31.4 Å². The second-order valence-corrected chi connectivity index (χ2v) is 6.42. The number of benzene rings is 1. The predicted octanol–water partition coefficient (Wildman–Crippen LogP) is 2.69. The van der Waals surface area contributed by atoms with Crippen molar-refractivity contribution in [1.29, 1.82) is 0 Å². The summed E-state index contributed by atoms with van der Waals surface area (Å²) in [6.45, 7) is 1.15. The number of para-hydroxylation sites is 1. The van der Waals surface area contributed by atoms with Gasteiger partial charge in [-0.15, -0.1) is 0 Å². The van der Waals surface area contributed by atoms with Crippen molar-refractivity contribution in [3.63, 3.8) is 0 Å². The highest BCUT2D eigenvalue weighted by molar-refractivity contribution is 5.75. The van der Waals surface area contributed by atoms with E-state index in [0.717, 1.165) is 0 Å². The summed E-state index contributed by atoms with van der Waals surface area (Å²) in [5, 5.41) is 17.2. The molecule has 0 aliphatic heterocycles. The average Bonchev–Trinajstić information content (AvgIpc) is 3.26. The van der Waals surface area contributed by atoms with E-state index in [9.17, 15) is 14.9 Å². The molecule has 0 radical (unpaired) electrons. The molecule has 1 aromatic carbocycles. The summed E-state index contributed by atoms with van der Waals surface area (Å²) in [5.74, 6) is 1.49. The van der Waals surface area contributed by atoms with E-state index in [-0.39, 0.29) is 24.0 Å². The number of nitrogens with one attached hydrogen (secondary N) is 3. The number of pyridine rings is 1. The van der Waals surface area contributed by atoms with Gasteiger partial charge in [0.1, 0.15) is 17.8 Å². The van der Waals surface area contributed by atoms with Gasteiger partial charge in [-0.3, -0.25) is 14.9 Å². The third-order valence-corrected chi connectivity index (χ3v) is 4.18. The topological polar surface area (TPSA) is 135 Å². The van der Waals surface area contributed by atoms with Gasteiger partial charge in [-0.1, -0.05) is 18.2 Å². The lowest BCUT2D eigenvalue weighted by atomic mass is 10.2. The van der Waals surface area contributed by atoms with Gasteiger partial charge in [0.15, 0.2) is 0 Å². The van der Waals surface area contributed by atoms with Crippen molar-refractivity contribution in [2.24, 2.45) is 0 Å². The molecule has 0 aliphatic rings. The minimum Gasteiger partial charge on any atom is -0.439 e. The highest BCUT2D eigenvalue weighted by Crippen LogP contribution is 2.25. The van der Waals surface area contributed by atoms with Crippen LogP contribution in [-0.2, 0) is 17.9 Å². The Bertz CT molecular complexity index is 963. The molecular weight excluding hydrogens is 388 g/mol. The fourth-order valence-corrected chi connectivity index (χ4v) is 2.70. The standard InChI is InChI=1S/C20H22N6O4/c27-19(24-14-18-22-9-10-23-18)7-4-8-21-12-15-11-20(25-13-17(15)26(28)29)30-16-5-2-1-3-6-16/h1-3,5-6,9-11,13,21H,4,7-8,12,14H2,(H,22,23)(H,24,27). The van der Waals surface area contributed by atoms with Crippen LogP contribution in [0.4, 0.5) is 5.69 Å². The Balaban J connectivity index is 1.46. The van der Waals surface area contributed by atoms with Gasteiger partial charge in [0.25, 0.3) is 5.69 Å². The van der Waals surface area contributed by atoms with Crippen LogP contribution in [0.25, 0.3) is 0 Å². The predicted molar refractivity (Wildman–Crippen MR) is 109 cm³/mol. The van der Waals surface area contributed by atoms with E-state index in [1.807, 2.05) is 18.2 Å². The average molecular weight is 410 g/mol. The maximum Gasteiger partial charge on any atom is 0.292 e. The number of hydrogen-bond donors (Lipinski definition) is 3. The van der Waals surface area contributed by atoms with Gasteiger partial charge in [-0.05, 0) is 25.1 Å². The molecule has 10 heteroatoms. The molecule has 0 bridgehead atoms. The first-order valence-electron chi connectivity index (χ1n) is 9.43. The van der Waals surface area contributed by atoms with E-state index < -0.39 is 4.92 Å². The summed E-state index contributed by atoms with van der Waals surface area (Å²) in [4.78, 5) is 33.6. The Morgan fingerprint density at radius 3 is 2.77 bits per heavy atom. The quantitative estimate of drug-likeness (QED) is 0.251. The molecule has 0 fully saturated rings. The monoisotopic (exact) mass is 410 g/mol. The summed E-state index contributed by atoms with van der Waals surface area (Å²) in [6, 6.07) is 10.6. The van der Waals surface area contributed by atoms with Crippen LogP contribution in [0.1, 0.15) is 24.2 Å². The highest BCUT2D eigenvalue weighted by Gasteiger charge is 2.16. The Labute approximate surface area is 172 Å². The molecule has 0 unspecified atom stereocenters. The Hall–Kier alpha value is -3.79. The number of carbonyl (C=O) groups is 1. The van der Waals surface area contributed by atoms with E-state index in [2.05, 4.69) is 25.6 Å². The molecule has 0 aliphatic carbocycles. The molecule has 0 atom stereocenters. The van der Waals surface area contributed by atoms with Crippen molar-refractivity contribution in [3.05, 3.63) is 76.5 Å². The lowest BCUT2D eigenvalue weighted by Gasteiger charge is -2.09. The summed E-state index contributed by atoms with van der Waals surface area (Å²) >= 11 is 0. The molecule has 2 heterocycles. The smallest absolute Gasteiger partial charge is 0.292 e. The largest absolute Gasteiger partial charge is 0.439 e. The van der Waals surface area contributed by atoms with Crippen LogP contribution in [0.2, 0.25) is 0 Å². The molecule has 10 nitrogen and oxygen atoms in total. The van der Waals surface area contributed by atoms with E-state index in [1.54, 1.807) is 30.6 Å². The molecule has 1 amide bonds. The zero-order chi connectivity index (χ0) is 21.2. The number of H-pyrrole nitrogens is 1. The second-order valence-electron chi connectivity index (χ2n) is 6.42. The van der Waals surface area contributed by atoms with Gasteiger partial charge >= 0.3 is 0 Å². The third kappa shape index (κ3) is 6.38. The van der Waals surface area contributed by atoms with Crippen molar-refractivity contribution < 1.29 is 14.5 Å². The van der Waals surface area contributed by atoms with Crippen LogP contribution < -0.4 is 15.4 Å². The molecule has 2 aromatic heterocycles. The van der Waals surface area contributed by atoms with Crippen LogP contribution in [0.5, 0.6) is 11.6 Å². The first-order valence-corrected chi connectivity index (χ1v) is 9.43. The number of nitro groups is 1. The summed E-state index contributed by atoms with van der Waals surface area (Å²) in [5.41, 5.74) is 0.377. The molecule has 3 aromatic rings. The van der Waals surface area contributed by atoms with Gasteiger partial charge in [0.05, 0.1) is 17.0 Å². The van der Waals surface area contributed by atoms with Gasteiger partial charge < -0.3 is 20.4 Å². The van der Waals surface area contributed by atoms with Crippen molar-refractivity contribution in [2.45, 2.75) is 25.9 Å². The number of rotatable bonds is 11. The minimum atomic E-state index is -0.474. The van der Waals surface area contributed by atoms with E-state index in [0.29, 0.717) is 43.1 Å². The summed E-state index contributed by atoms with van der Waals surface area (Å²) in [6.07, 6.45) is 5.45. The second kappa shape index (κ2) is 10.7. The maximum absolute atomic E-state index is 11.8. The van der Waals surface area contributed by atoms with Gasteiger partial charge in [-0.25, -0.2) is 9.97 Å². The van der Waals surface area contributed by atoms with Crippen molar-refractivity contribution in [2.75, 3.05) is 6.54 Å². The molecule has 0 spiro atoms. The van der Waals surface area contributed by atoms with E-state index >= 15 is 0 Å². The van der Waals surface area contributed by atoms with Gasteiger partial charge in [-0.2, -0.15) is 0 Å². The van der Waals surface area contributed by atoms with Crippen LogP contribution in [0.3, 0.4) is 0 Å². The molecular formula is C20H22N6O4. The summed E-state index contributed by atoms with van der Waals surface area (Å²) < 4.78 is 5.65. The van der Waals surface area contributed by atoms with Crippen molar-refractivity contribution >= 4 is 11.6 Å². The molecule has 156 valence electrons. The number of imidazole rings is 1. The maximum atomic E-state index is 11.8. The SMILES string of the molecule is O=C(CCCNCc1cc(Oc2ccccc2)ncc1[N+](=O)[O-])NCc1ncc[nH]1. The Morgan fingerprint density at radius 2 is 2.03 bits per heavy atom. The zero-order valence-electron chi connectivity index (χ0n) is 16.2. The number of aromatic nitrogens is 3. The summed E-state index contributed by atoms with van der Waals surface area (Å²) in [7, 11) is 0. The highest BCUT2D eigenvalue weighted by atomic mass is 16.6. The molecule has 3 N–H and O–H groups in total. The number of amides is 1.